The van der Waals surface area contributed by atoms with E-state index in [1.165, 1.54) is 12.8 Å². The zero-order valence-electron chi connectivity index (χ0n) is 13.9. The zero-order chi connectivity index (χ0) is 16.1. The van der Waals surface area contributed by atoms with E-state index in [-0.39, 0.29) is 5.91 Å². The molecule has 2 atom stereocenters. The molecule has 24 heavy (non-hydrogen) atoms. The Morgan fingerprint density at radius 2 is 1.92 bits per heavy atom. The van der Waals surface area contributed by atoms with E-state index in [1.807, 2.05) is 24.3 Å². The van der Waals surface area contributed by atoms with E-state index in [0.29, 0.717) is 18.0 Å². The molecule has 3 fully saturated rings. The summed E-state index contributed by atoms with van der Waals surface area (Å²) in [5, 5.41) is 4.49. The lowest BCUT2D eigenvalue weighted by atomic mass is 10.0. The quantitative estimate of drug-likeness (QED) is 0.924. The van der Waals surface area contributed by atoms with Crippen LogP contribution in [0.5, 0.6) is 0 Å². The van der Waals surface area contributed by atoms with Gasteiger partial charge in [0.1, 0.15) is 0 Å². The zero-order valence-corrected chi connectivity index (χ0v) is 13.9. The number of hydrogen-bond donors (Lipinski definition) is 1. The second kappa shape index (κ2) is 5.55. The molecule has 1 amide bonds. The number of rotatable bonds is 2. The topological polar surface area (TPSA) is 45.2 Å². The Morgan fingerprint density at radius 1 is 1.08 bits per heavy atom. The lowest BCUT2D eigenvalue weighted by Gasteiger charge is -2.28. The van der Waals surface area contributed by atoms with Crippen molar-refractivity contribution in [2.45, 2.75) is 50.1 Å². The molecule has 3 aliphatic rings. The van der Waals surface area contributed by atoms with Gasteiger partial charge in [-0.15, -0.1) is 0 Å². The van der Waals surface area contributed by atoms with Crippen LogP contribution < -0.4 is 5.32 Å². The summed E-state index contributed by atoms with van der Waals surface area (Å²) in [5.74, 6) is 0.773. The first-order valence-electron chi connectivity index (χ1n) is 9.24. The molecular weight excluding hydrogens is 298 g/mol. The summed E-state index contributed by atoms with van der Waals surface area (Å²) in [6.45, 7) is 1.95. The van der Waals surface area contributed by atoms with Crippen molar-refractivity contribution in [1.29, 1.82) is 0 Å². The molecule has 2 unspecified atom stereocenters. The monoisotopic (exact) mass is 321 g/mol. The first-order valence-corrected chi connectivity index (χ1v) is 9.24. The molecule has 4 nitrogen and oxygen atoms in total. The third kappa shape index (κ3) is 2.32. The summed E-state index contributed by atoms with van der Waals surface area (Å²) in [6, 6.07) is 10.9. The van der Waals surface area contributed by atoms with Gasteiger partial charge in [0.05, 0.1) is 11.1 Å². The van der Waals surface area contributed by atoms with E-state index in [4.69, 9.17) is 4.98 Å². The largest absolute Gasteiger partial charge is 0.331 e. The van der Waals surface area contributed by atoms with Crippen molar-refractivity contribution in [3.05, 3.63) is 41.6 Å². The normalized spacial score (nSPS) is 26.6. The molecule has 1 N–H and O–H groups in total. The van der Waals surface area contributed by atoms with Gasteiger partial charge in [-0.3, -0.25) is 9.78 Å². The molecule has 0 spiro atoms. The second-order valence-corrected chi connectivity index (χ2v) is 7.48. The van der Waals surface area contributed by atoms with Crippen LogP contribution in [-0.2, 0) is 0 Å². The number of fused-ring (bicyclic) bond motifs is 3. The standard InChI is InChI=1S/C20H23N3O/c24-20(23-14-7-8-15(23)12-21-10-9-14)17-11-19(13-5-6-13)22-18-4-2-1-3-16(17)18/h1-4,11,13-15,21H,5-10,12H2. The Balaban J connectivity index is 1.61. The molecular formula is C20H23N3O. The summed E-state index contributed by atoms with van der Waals surface area (Å²) in [7, 11) is 0. The lowest BCUT2D eigenvalue weighted by molar-refractivity contribution is 0.0682. The third-order valence-corrected chi connectivity index (χ3v) is 5.85. The highest BCUT2D eigenvalue weighted by Gasteiger charge is 2.39. The van der Waals surface area contributed by atoms with Crippen LogP contribution in [0.15, 0.2) is 30.3 Å². The van der Waals surface area contributed by atoms with Gasteiger partial charge in [0.15, 0.2) is 0 Å². The lowest BCUT2D eigenvalue weighted by Crippen LogP contribution is -2.42. The van der Waals surface area contributed by atoms with Gasteiger partial charge in [-0.25, -0.2) is 0 Å². The fourth-order valence-electron chi connectivity index (χ4n) is 4.41. The van der Waals surface area contributed by atoms with Gasteiger partial charge in [0, 0.05) is 35.6 Å². The van der Waals surface area contributed by atoms with Gasteiger partial charge in [-0.1, -0.05) is 18.2 Å². The van der Waals surface area contributed by atoms with E-state index in [9.17, 15) is 4.79 Å². The number of nitrogens with one attached hydrogen (secondary N) is 1. The fourth-order valence-corrected chi connectivity index (χ4v) is 4.41. The summed E-state index contributed by atoms with van der Waals surface area (Å²) >= 11 is 0. The SMILES string of the molecule is O=C(c1cc(C2CC2)nc2ccccc12)N1C2CCNCC1CC2. The van der Waals surface area contributed by atoms with E-state index >= 15 is 0 Å². The molecule has 2 bridgehead atoms. The summed E-state index contributed by atoms with van der Waals surface area (Å²) in [6.07, 6.45) is 5.76. The Hall–Kier alpha value is -1.94. The Bertz CT molecular complexity index is 785. The Labute approximate surface area is 142 Å². The number of carbonyl (C=O) groups is 1. The van der Waals surface area contributed by atoms with E-state index in [0.717, 1.165) is 54.5 Å². The van der Waals surface area contributed by atoms with Crippen molar-refractivity contribution in [2.24, 2.45) is 0 Å². The molecule has 1 aliphatic carbocycles. The van der Waals surface area contributed by atoms with Gasteiger partial charge in [-0.05, 0) is 50.8 Å². The first kappa shape index (κ1) is 14.4. The molecule has 2 aliphatic heterocycles. The van der Waals surface area contributed by atoms with Crippen molar-refractivity contribution in [2.75, 3.05) is 13.1 Å². The highest BCUT2D eigenvalue weighted by molar-refractivity contribution is 6.06. The molecule has 2 saturated heterocycles. The van der Waals surface area contributed by atoms with Crippen molar-refractivity contribution in [3.8, 4) is 0 Å². The van der Waals surface area contributed by atoms with Crippen LogP contribution in [0.25, 0.3) is 10.9 Å². The molecule has 5 rings (SSSR count). The molecule has 0 radical (unpaired) electrons. The van der Waals surface area contributed by atoms with Crippen molar-refractivity contribution in [3.63, 3.8) is 0 Å². The number of nitrogens with zero attached hydrogens (tertiary/aromatic N) is 2. The second-order valence-electron chi connectivity index (χ2n) is 7.48. The average molecular weight is 321 g/mol. The van der Waals surface area contributed by atoms with Crippen LogP contribution in [0, 0.1) is 0 Å². The minimum absolute atomic E-state index is 0.215. The highest BCUT2D eigenvalue weighted by atomic mass is 16.2. The third-order valence-electron chi connectivity index (χ3n) is 5.85. The average Bonchev–Trinajstić information content (AvgIpc) is 3.38. The van der Waals surface area contributed by atoms with Crippen LogP contribution in [0.2, 0.25) is 0 Å². The van der Waals surface area contributed by atoms with Gasteiger partial charge in [0.2, 0.25) is 0 Å². The van der Waals surface area contributed by atoms with Crippen LogP contribution in [0.3, 0.4) is 0 Å². The van der Waals surface area contributed by atoms with Crippen molar-refractivity contribution >= 4 is 16.8 Å². The maximum atomic E-state index is 13.5. The van der Waals surface area contributed by atoms with Crippen LogP contribution in [0.4, 0.5) is 0 Å². The molecule has 1 aromatic heterocycles. The van der Waals surface area contributed by atoms with Crippen molar-refractivity contribution in [1.82, 2.24) is 15.2 Å². The van der Waals surface area contributed by atoms with E-state index in [2.05, 4.69) is 16.3 Å². The first-order chi connectivity index (χ1) is 11.8. The maximum absolute atomic E-state index is 13.5. The van der Waals surface area contributed by atoms with Gasteiger partial charge >= 0.3 is 0 Å². The smallest absolute Gasteiger partial charge is 0.255 e. The Kier molecular flexibility index (Phi) is 3.33. The van der Waals surface area contributed by atoms with E-state index < -0.39 is 0 Å². The van der Waals surface area contributed by atoms with Gasteiger partial charge in [0.25, 0.3) is 5.91 Å². The minimum atomic E-state index is 0.215. The van der Waals surface area contributed by atoms with E-state index in [1.54, 1.807) is 0 Å². The Morgan fingerprint density at radius 3 is 2.79 bits per heavy atom. The molecule has 1 aromatic carbocycles. The fraction of sp³-hybridized carbons (Fsp3) is 0.500. The van der Waals surface area contributed by atoms with Crippen LogP contribution in [-0.4, -0.2) is 41.0 Å². The number of aromatic nitrogens is 1. The maximum Gasteiger partial charge on any atom is 0.255 e. The number of para-hydroxylation sites is 1. The number of benzene rings is 1. The summed E-state index contributed by atoms with van der Waals surface area (Å²) in [5.41, 5.74) is 2.93. The highest BCUT2D eigenvalue weighted by Crippen LogP contribution is 2.40. The number of hydrogen-bond acceptors (Lipinski definition) is 3. The molecule has 2 aromatic rings. The molecule has 1 saturated carbocycles. The van der Waals surface area contributed by atoms with Crippen LogP contribution >= 0.6 is 0 Å². The molecule has 124 valence electrons. The number of amides is 1. The predicted molar refractivity (Wildman–Crippen MR) is 94.2 cm³/mol. The molecule has 4 heteroatoms. The minimum Gasteiger partial charge on any atom is -0.331 e. The van der Waals surface area contributed by atoms with Crippen molar-refractivity contribution < 1.29 is 4.79 Å². The predicted octanol–water partition coefficient (Wildman–Crippen LogP) is 3.08. The van der Waals surface area contributed by atoms with Gasteiger partial charge in [-0.2, -0.15) is 0 Å². The van der Waals surface area contributed by atoms with Gasteiger partial charge < -0.3 is 10.2 Å². The number of carbonyl (C=O) groups excluding carboxylic acids is 1. The van der Waals surface area contributed by atoms with Crippen LogP contribution in [0.1, 0.15) is 54.1 Å². The summed E-state index contributed by atoms with van der Waals surface area (Å²) in [4.78, 5) is 20.5. The number of pyridine rings is 1. The summed E-state index contributed by atoms with van der Waals surface area (Å²) < 4.78 is 0. The molecule has 3 heterocycles.